The molecule has 0 radical (unpaired) electrons. The van der Waals surface area contributed by atoms with E-state index in [0.29, 0.717) is 0 Å². The molecule has 2 aromatic heterocycles. The van der Waals surface area contributed by atoms with E-state index < -0.39 is 0 Å². The van der Waals surface area contributed by atoms with Gasteiger partial charge in [-0.05, 0) is 38.2 Å². The first-order valence-corrected chi connectivity index (χ1v) is 8.38. The number of aryl methyl sites for hydroxylation is 1. The second-order valence-electron chi connectivity index (χ2n) is 5.95. The molecule has 1 saturated heterocycles. The van der Waals surface area contributed by atoms with Crippen molar-refractivity contribution in [2.75, 3.05) is 11.4 Å². The summed E-state index contributed by atoms with van der Waals surface area (Å²) in [5, 5.41) is 3.06. The van der Waals surface area contributed by atoms with Crippen LogP contribution in [0, 0.1) is 24.7 Å². The van der Waals surface area contributed by atoms with Crippen LogP contribution in [0.1, 0.15) is 35.5 Å². The highest BCUT2D eigenvalue weighted by Gasteiger charge is 2.43. The summed E-state index contributed by atoms with van der Waals surface area (Å²) < 4.78 is 0. The van der Waals surface area contributed by atoms with Crippen molar-refractivity contribution < 1.29 is 4.98 Å². The minimum atomic E-state index is 0.751. The Morgan fingerprint density at radius 2 is 2.29 bits per heavy atom. The first-order chi connectivity index (χ1) is 10.3. The van der Waals surface area contributed by atoms with Crippen molar-refractivity contribution in [1.82, 2.24) is 4.98 Å². The lowest BCUT2D eigenvalue weighted by molar-refractivity contribution is -0.364. The summed E-state index contributed by atoms with van der Waals surface area (Å²) in [7, 11) is 0. The number of pyridine rings is 1. The van der Waals surface area contributed by atoms with E-state index in [1.165, 1.54) is 31.6 Å². The molecule has 0 aromatic carbocycles. The summed E-state index contributed by atoms with van der Waals surface area (Å²) in [5.41, 5.74) is 1.87. The summed E-state index contributed by atoms with van der Waals surface area (Å²) in [6.07, 6.45) is 6.15. The molecule has 0 spiro atoms. The first kappa shape index (κ1) is 12.8. The molecular weight excluding hydrogens is 278 g/mol. The van der Waals surface area contributed by atoms with Crippen molar-refractivity contribution in [2.45, 2.75) is 32.2 Å². The van der Waals surface area contributed by atoms with Gasteiger partial charge in [-0.25, -0.2) is 9.97 Å². The van der Waals surface area contributed by atoms with E-state index in [1.54, 1.807) is 11.3 Å². The fraction of sp³-hybridized carbons (Fsp3) is 0.412. The number of thiazole rings is 1. The lowest BCUT2D eigenvalue weighted by Gasteiger charge is -2.20. The van der Waals surface area contributed by atoms with Gasteiger partial charge in [0, 0.05) is 17.4 Å². The second kappa shape index (κ2) is 5.16. The van der Waals surface area contributed by atoms with Crippen molar-refractivity contribution in [1.29, 1.82) is 0 Å². The Balaban J connectivity index is 1.50. The van der Waals surface area contributed by atoms with E-state index >= 15 is 0 Å². The fourth-order valence-electron chi connectivity index (χ4n) is 3.45. The minimum Gasteiger partial charge on any atom is -0.259 e. The molecule has 1 aliphatic carbocycles. The Hall–Kier alpha value is -1.86. The van der Waals surface area contributed by atoms with Crippen LogP contribution in [0.5, 0.6) is 0 Å². The Morgan fingerprint density at radius 1 is 1.33 bits per heavy atom. The van der Waals surface area contributed by atoms with Gasteiger partial charge >= 0.3 is 0 Å². The monoisotopic (exact) mass is 296 g/mol. The molecule has 2 fully saturated rings. The first-order valence-electron chi connectivity index (χ1n) is 7.50. The SMILES string of the molecule is Cc1nc(C#Cc2ccc(N3CC4CCC3C4)[nH+]c2)cs1. The molecule has 1 aliphatic heterocycles. The Bertz CT molecular complexity index is 708. The van der Waals surface area contributed by atoms with Crippen LogP contribution in [0.3, 0.4) is 0 Å². The topological polar surface area (TPSA) is 30.3 Å². The predicted molar refractivity (Wildman–Crippen MR) is 84.3 cm³/mol. The number of aromatic nitrogens is 2. The van der Waals surface area contributed by atoms with Gasteiger partial charge in [0.2, 0.25) is 0 Å². The molecule has 2 aromatic rings. The average molecular weight is 296 g/mol. The molecule has 2 atom stereocenters. The van der Waals surface area contributed by atoms with E-state index in [9.17, 15) is 0 Å². The number of nitrogens with zero attached hydrogens (tertiary/aromatic N) is 2. The summed E-state index contributed by atoms with van der Waals surface area (Å²) in [4.78, 5) is 10.3. The molecule has 106 valence electrons. The molecule has 4 heteroatoms. The van der Waals surface area contributed by atoms with Crippen molar-refractivity contribution >= 4 is 17.2 Å². The largest absolute Gasteiger partial charge is 0.274 e. The van der Waals surface area contributed by atoms with Crippen LogP contribution in [0.25, 0.3) is 0 Å². The summed E-state index contributed by atoms with van der Waals surface area (Å²) in [5.74, 6) is 8.43. The van der Waals surface area contributed by atoms with Gasteiger partial charge in [-0.3, -0.25) is 4.90 Å². The zero-order chi connectivity index (χ0) is 14.2. The van der Waals surface area contributed by atoms with E-state index in [4.69, 9.17) is 0 Å². The molecule has 2 unspecified atom stereocenters. The quantitative estimate of drug-likeness (QED) is 0.757. The normalized spacial score (nSPS) is 23.2. The van der Waals surface area contributed by atoms with Gasteiger partial charge in [0.1, 0.15) is 11.9 Å². The van der Waals surface area contributed by atoms with Crippen LogP contribution in [-0.4, -0.2) is 17.6 Å². The number of anilines is 1. The number of hydrogen-bond acceptors (Lipinski definition) is 3. The third-order valence-electron chi connectivity index (χ3n) is 4.47. The number of piperidine rings is 1. The van der Waals surface area contributed by atoms with Gasteiger partial charge in [0.25, 0.3) is 5.82 Å². The Labute approximate surface area is 129 Å². The maximum absolute atomic E-state index is 4.36. The number of H-pyrrole nitrogens is 1. The molecule has 1 saturated carbocycles. The van der Waals surface area contributed by atoms with Gasteiger partial charge < -0.3 is 0 Å². The highest BCUT2D eigenvalue weighted by atomic mass is 32.1. The van der Waals surface area contributed by atoms with Gasteiger partial charge in [0.05, 0.1) is 23.2 Å². The zero-order valence-corrected chi connectivity index (χ0v) is 12.9. The summed E-state index contributed by atoms with van der Waals surface area (Å²) >= 11 is 1.64. The number of fused-ring (bicyclic) bond motifs is 2. The molecule has 0 amide bonds. The fourth-order valence-corrected chi connectivity index (χ4v) is 3.99. The predicted octanol–water partition coefficient (Wildman–Crippen LogP) is 2.65. The van der Waals surface area contributed by atoms with Gasteiger partial charge in [0.15, 0.2) is 0 Å². The van der Waals surface area contributed by atoms with E-state index in [-0.39, 0.29) is 0 Å². The lowest BCUT2D eigenvalue weighted by atomic mass is 10.1. The maximum Gasteiger partial charge on any atom is 0.274 e. The molecule has 2 aliphatic rings. The van der Waals surface area contributed by atoms with Crippen molar-refractivity contribution in [3.05, 3.63) is 40.0 Å². The lowest BCUT2D eigenvalue weighted by Crippen LogP contribution is -2.35. The second-order valence-corrected chi connectivity index (χ2v) is 7.01. The smallest absolute Gasteiger partial charge is 0.259 e. The van der Waals surface area contributed by atoms with E-state index in [2.05, 4.69) is 38.8 Å². The Morgan fingerprint density at radius 3 is 2.90 bits per heavy atom. The maximum atomic E-state index is 4.36. The van der Waals surface area contributed by atoms with Crippen LogP contribution in [0.2, 0.25) is 0 Å². The van der Waals surface area contributed by atoms with Crippen molar-refractivity contribution in [2.24, 2.45) is 5.92 Å². The molecule has 3 heterocycles. The molecule has 4 rings (SSSR count). The van der Waals surface area contributed by atoms with E-state index in [0.717, 1.165) is 28.2 Å². The van der Waals surface area contributed by atoms with Crippen molar-refractivity contribution in [3.63, 3.8) is 0 Å². The van der Waals surface area contributed by atoms with Crippen LogP contribution < -0.4 is 9.88 Å². The van der Waals surface area contributed by atoms with Crippen LogP contribution in [0.4, 0.5) is 5.82 Å². The molecule has 21 heavy (non-hydrogen) atoms. The number of nitrogens with one attached hydrogen (secondary N) is 1. The Kier molecular flexibility index (Phi) is 3.16. The standard InChI is InChI=1S/C17H17N3S/c1-12-19-15(11-21-12)5-2-13-4-7-17(18-9-13)20-10-14-3-6-16(20)8-14/h4,7,9,11,14,16H,3,6,8,10H2,1H3/p+1. The molecular formula is C17H18N3S+. The highest BCUT2D eigenvalue weighted by molar-refractivity contribution is 7.09. The highest BCUT2D eigenvalue weighted by Crippen LogP contribution is 2.38. The third-order valence-corrected chi connectivity index (χ3v) is 5.24. The average Bonchev–Trinajstić information content (AvgIpc) is 3.22. The van der Waals surface area contributed by atoms with Gasteiger partial charge in [-0.1, -0.05) is 5.92 Å². The third kappa shape index (κ3) is 2.54. The van der Waals surface area contributed by atoms with Crippen LogP contribution in [0.15, 0.2) is 23.7 Å². The van der Waals surface area contributed by atoms with Crippen LogP contribution in [-0.2, 0) is 0 Å². The molecule has 1 N–H and O–H groups in total. The molecule has 3 nitrogen and oxygen atoms in total. The van der Waals surface area contributed by atoms with Crippen molar-refractivity contribution in [3.8, 4) is 11.8 Å². The number of rotatable bonds is 1. The van der Waals surface area contributed by atoms with E-state index in [1.807, 2.05) is 18.5 Å². The zero-order valence-electron chi connectivity index (χ0n) is 12.1. The minimum absolute atomic E-state index is 0.751. The van der Waals surface area contributed by atoms with Gasteiger partial charge in [-0.15, -0.1) is 11.3 Å². The number of hydrogen-bond donors (Lipinski definition) is 0. The van der Waals surface area contributed by atoms with Crippen LogP contribution >= 0.6 is 11.3 Å². The summed E-state index contributed by atoms with van der Waals surface area (Å²) in [6.45, 7) is 3.21. The van der Waals surface area contributed by atoms with Gasteiger partial charge in [-0.2, -0.15) is 0 Å². The summed E-state index contributed by atoms with van der Waals surface area (Å²) in [6, 6.07) is 5.02. The number of aromatic amines is 1. The molecule has 2 bridgehead atoms.